The molecule has 0 radical (unpaired) electrons. The molecular formula is C33H57N6O7P. The first kappa shape index (κ1) is 38.1. The second-order valence-corrected chi connectivity index (χ2v) is 14.8. The molecule has 6 atom stereocenters. The Labute approximate surface area is 279 Å². The fourth-order valence-electron chi connectivity index (χ4n) is 4.25. The van der Waals surface area contributed by atoms with Gasteiger partial charge in [0.15, 0.2) is 0 Å². The van der Waals surface area contributed by atoms with Crippen molar-refractivity contribution in [1.29, 1.82) is 0 Å². The Balaban J connectivity index is 2.59. The topological polar surface area (TPSA) is 158 Å². The van der Waals surface area contributed by atoms with E-state index in [-0.39, 0.29) is 87.8 Å². The number of H-pyrrole nitrogens is 3. The highest BCUT2D eigenvalue weighted by Gasteiger charge is 2.51. The fourth-order valence-corrected chi connectivity index (χ4v) is 7.20. The molecule has 0 amide bonds. The molecule has 0 saturated carbocycles. The van der Waals surface area contributed by atoms with E-state index >= 15 is 4.57 Å². The molecule has 0 aromatic carbocycles. The predicted molar refractivity (Wildman–Crippen MR) is 185 cm³/mol. The Kier molecular flexibility index (Phi) is 13.9. The molecule has 3 heterocycles. The Morgan fingerprint density at radius 3 is 0.872 bits per heavy atom. The molecule has 0 aliphatic carbocycles. The van der Waals surface area contributed by atoms with Crippen LogP contribution in [0.4, 0.5) is 0 Å². The summed E-state index contributed by atoms with van der Waals surface area (Å²) in [5.74, 6) is 0.938. The average Bonchev–Trinajstić information content (AvgIpc) is 3.77. The molecule has 0 aliphatic rings. The van der Waals surface area contributed by atoms with Gasteiger partial charge >= 0.3 is 0 Å². The van der Waals surface area contributed by atoms with E-state index in [9.17, 15) is 0 Å². The summed E-state index contributed by atoms with van der Waals surface area (Å²) >= 11 is 0. The van der Waals surface area contributed by atoms with Crippen LogP contribution in [-0.4, -0.2) is 67.2 Å². The number of nitrogens with one attached hydrogen (secondary N) is 3. The van der Waals surface area contributed by atoms with Crippen molar-refractivity contribution in [3.63, 3.8) is 0 Å². The summed E-state index contributed by atoms with van der Waals surface area (Å²) in [5.41, 5.74) is 0. The van der Waals surface area contributed by atoms with Gasteiger partial charge in [-0.15, -0.1) is 15.3 Å². The van der Waals surface area contributed by atoms with E-state index < -0.39 is 7.14 Å². The number of hydrogen-bond donors (Lipinski definition) is 3. The maximum Gasteiger partial charge on any atom is 0.248 e. The average molecular weight is 681 g/mol. The van der Waals surface area contributed by atoms with Crippen molar-refractivity contribution in [2.24, 2.45) is 0 Å². The van der Waals surface area contributed by atoms with Gasteiger partial charge in [0, 0.05) is 0 Å². The Morgan fingerprint density at radius 1 is 0.447 bits per heavy atom. The van der Waals surface area contributed by atoms with Gasteiger partial charge in [0.25, 0.3) is 0 Å². The Morgan fingerprint density at radius 2 is 0.660 bits per heavy atom. The molecule has 13 nitrogen and oxygen atoms in total. The minimum absolute atomic E-state index is 0.122. The van der Waals surface area contributed by atoms with E-state index in [0.29, 0.717) is 38.5 Å². The highest BCUT2D eigenvalue weighted by Crippen LogP contribution is 2.55. The van der Waals surface area contributed by atoms with Crippen LogP contribution in [0.2, 0.25) is 0 Å². The van der Waals surface area contributed by atoms with Gasteiger partial charge in [-0.2, -0.15) is 0 Å². The zero-order valence-electron chi connectivity index (χ0n) is 30.4. The maximum atomic E-state index is 16.9. The third kappa shape index (κ3) is 8.77. The molecule has 0 fully saturated rings. The standard InChI is InChI=1S/C33H57N6O7P/c1-13-19(7)41-28-25(29(35-34-28)42-20(8)14-2)47(40,26-30(43-21(9)15-3)36-37-31(26)44-22(10)16-4)27-32(45-23(11)17-5)38-39-33(27)46-24(12)18-6/h19-24H,13-18H2,1-12H3,(H,34,35)(H,36,37)(H,38,39). The monoisotopic (exact) mass is 680 g/mol. The van der Waals surface area contributed by atoms with Crippen molar-refractivity contribution in [3.05, 3.63) is 0 Å². The van der Waals surface area contributed by atoms with Crippen LogP contribution in [0.3, 0.4) is 0 Å². The van der Waals surface area contributed by atoms with Crippen LogP contribution in [0.1, 0.15) is 122 Å². The quantitative estimate of drug-likeness (QED) is 0.105. The second kappa shape index (κ2) is 17.2. The number of rotatable bonds is 21. The van der Waals surface area contributed by atoms with E-state index in [0.717, 1.165) is 0 Å². The van der Waals surface area contributed by atoms with Crippen molar-refractivity contribution < 1.29 is 33.0 Å². The maximum absolute atomic E-state index is 16.9. The van der Waals surface area contributed by atoms with Crippen molar-refractivity contribution in [2.45, 2.75) is 158 Å². The van der Waals surface area contributed by atoms with Crippen molar-refractivity contribution in [2.75, 3.05) is 0 Å². The first-order chi connectivity index (χ1) is 22.4. The van der Waals surface area contributed by atoms with Crippen LogP contribution in [0.15, 0.2) is 0 Å². The Bertz CT molecular complexity index is 1180. The number of aromatic amines is 3. The van der Waals surface area contributed by atoms with E-state index in [2.05, 4.69) is 30.6 Å². The molecule has 266 valence electrons. The van der Waals surface area contributed by atoms with E-state index in [1.165, 1.54) is 0 Å². The van der Waals surface area contributed by atoms with Crippen LogP contribution in [-0.2, 0) is 4.57 Å². The second-order valence-electron chi connectivity index (χ2n) is 12.2. The van der Waals surface area contributed by atoms with Crippen LogP contribution in [0.5, 0.6) is 35.3 Å². The zero-order valence-corrected chi connectivity index (χ0v) is 31.2. The number of hydrogen-bond acceptors (Lipinski definition) is 10. The molecule has 14 heteroatoms. The largest absolute Gasteiger partial charge is 0.474 e. The molecule has 3 aromatic heterocycles. The molecule has 0 saturated heterocycles. The van der Waals surface area contributed by atoms with E-state index in [4.69, 9.17) is 28.4 Å². The molecule has 0 bridgehead atoms. The summed E-state index contributed by atoms with van der Waals surface area (Å²) in [5, 5.41) is 23.1. The lowest BCUT2D eigenvalue weighted by Crippen LogP contribution is -2.33. The lowest BCUT2D eigenvalue weighted by Gasteiger charge is -2.25. The van der Waals surface area contributed by atoms with Gasteiger partial charge in [-0.3, -0.25) is 0 Å². The molecule has 0 aliphatic heterocycles. The summed E-state index contributed by atoms with van der Waals surface area (Å²) in [4.78, 5) is 0. The summed E-state index contributed by atoms with van der Waals surface area (Å²) in [7, 11) is -4.29. The highest BCUT2D eigenvalue weighted by atomic mass is 31.2. The predicted octanol–water partition coefficient (Wildman–Crippen LogP) is 6.56. The Hall–Kier alpha value is -3.34. The van der Waals surface area contributed by atoms with Crippen molar-refractivity contribution in [1.82, 2.24) is 30.6 Å². The SMILES string of the molecule is CCC(C)Oc1n[nH]c(OC(C)CC)c1P(=O)(c1c(OC(C)CC)n[nH]c1OC(C)CC)c1c(OC(C)CC)n[nH]c1OC(C)CC. The van der Waals surface area contributed by atoms with E-state index in [1.807, 2.05) is 83.1 Å². The van der Waals surface area contributed by atoms with Gasteiger partial charge < -0.3 is 33.0 Å². The smallest absolute Gasteiger partial charge is 0.248 e. The third-order valence-electron chi connectivity index (χ3n) is 8.32. The fraction of sp³-hybridized carbons (Fsp3) is 0.727. The van der Waals surface area contributed by atoms with Gasteiger partial charge in [-0.05, 0) is 80.1 Å². The normalized spacial score (nSPS) is 16.8. The van der Waals surface area contributed by atoms with Gasteiger partial charge in [0.2, 0.25) is 42.4 Å². The van der Waals surface area contributed by atoms with Gasteiger partial charge in [0.05, 0.1) is 36.6 Å². The van der Waals surface area contributed by atoms with E-state index in [1.54, 1.807) is 0 Å². The van der Waals surface area contributed by atoms with Crippen LogP contribution >= 0.6 is 7.14 Å². The summed E-state index contributed by atoms with van der Waals surface area (Å²) < 4.78 is 55.3. The number of ether oxygens (including phenoxy) is 6. The molecule has 3 aromatic rings. The molecule has 0 spiro atoms. The number of aromatic nitrogens is 6. The first-order valence-electron chi connectivity index (χ1n) is 17.2. The third-order valence-corrected chi connectivity index (χ3v) is 11.4. The minimum Gasteiger partial charge on any atom is -0.474 e. The van der Waals surface area contributed by atoms with Crippen LogP contribution in [0.25, 0.3) is 0 Å². The molecule has 3 rings (SSSR count). The van der Waals surface area contributed by atoms with Crippen LogP contribution in [0, 0.1) is 0 Å². The molecule has 3 N–H and O–H groups in total. The first-order valence-corrected chi connectivity index (χ1v) is 18.9. The summed E-state index contributed by atoms with van der Waals surface area (Å²) in [6.07, 6.45) is 2.63. The van der Waals surface area contributed by atoms with Crippen LogP contribution < -0.4 is 44.3 Å². The van der Waals surface area contributed by atoms with Gasteiger partial charge in [0.1, 0.15) is 15.9 Å². The lowest BCUT2D eigenvalue weighted by atomic mass is 10.3. The molecular weight excluding hydrogens is 623 g/mol. The lowest BCUT2D eigenvalue weighted by molar-refractivity contribution is 0.208. The summed E-state index contributed by atoms with van der Waals surface area (Å²) in [6.45, 7) is 23.6. The molecule has 6 unspecified atom stereocenters. The van der Waals surface area contributed by atoms with Gasteiger partial charge in [-0.1, -0.05) is 41.5 Å². The minimum atomic E-state index is -4.29. The van der Waals surface area contributed by atoms with Gasteiger partial charge in [-0.25, -0.2) is 15.3 Å². The number of nitrogens with zero attached hydrogens (tertiary/aromatic N) is 3. The van der Waals surface area contributed by atoms with Crippen molar-refractivity contribution >= 4 is 23.1 Å². The van der Waals surface area contributed by atoms with Crippen molar-refractivity contribution in [3.8, 4) is 35.3 Å². The highest BCUT2D eigenvalue weighted by molar-refractivity contribution is 7.86. The summed E-state index contributed by atoms with van der Waals surface area (Å²) in [6, 6.07) is 0. The molecule has 47 heavy (non-hydrogen) atoms. The zero-order chi connectivity index (χ0) is 34.9.